The quantitative estimate of drug-likeness (QED) is 0.344. The number of likely N-dealkylation sites (tertiary alicyclic amines) is 1. The van der Waals surface area contributed by atoms with Gasteiger partial charge < -0.3 is 20.1 Å². The smallest absolute Gasteiger partial charge is 0.255 e. The molecule has 2 saturated heterocycles. The number of pyridine rings is 1. The fourth-order valence-electron chi connectivity index (χ4n) is 5.54. The molecule has 9 nitrogen and oxygen atoms in total. The molecule has 3 aromatic heterocycles. The molecule has 2 N–H and O–H groups in total. The van der Waals surface area contributed by atoms with Crippen LogP contribution in [-0.4, -0.2) is 60.5 Å². The summed E-state index contributed by atoms with van der Waals surface area (Å²) in [6, 6.07) is 7.05. The number of anilines is 2. The number of halogens is 2. The molecule has 2 aliphatic rings. The number of rotatable bonds is 5. The van der Waals surface area contributed by atoms with Gasteiger partial charge in [0.05, 0.1) is 17.3 Å². The van der Waals surface area contributed by atoms with Crippen molar-refractivity contribution in [1.82, 2.24) is 34.7 Å². The molecule has 0 spiro atoms. The lowest BCUT2D eigenvalue weighted by atomic mass is 10.1. The molecule has 2 fully saturated rings. The van der Waals surface area contributed by atoms with Crippen LogP contribution in [0.2, 0.25) is 0 Å². The van der Waals surface area contributed by atoms with Gasteiger partial charge in [0.2, 0.25) is 5.95 Å². The first-order chi connectivity index (χ1) is 19.3. The first-order valence-electron chi connectivity index (χ1n) is 13.8. The minimum absolute atomic E-state index is 0.0439. The maximum atomic E-state index is 15.0. The van der Waals surface area contributed by atoms with E-state index in [-0.39, 0.29) is 34.7 Å². The second-order valence-corrected chi connectivity index (χ2v) is 10.2. The summed E-state index contributed by atoms with van der Waals surface area (Å²) < 4.78 is 31.7. The third-order valence-electron chi connectivity index (χ3n) is 7.21. The summed E-state index contributed by atoms with van der Waals surface area (Å²) >= 11 is 0. The van der Waals surface area contributed by atoms with Gasteiger partial charge in [-0.2, -0.15) is 0 Å². The molecule has 11 heteroatoms. The van der Waals surface area contributed by atoms with Crippen LogP contribution in [0.3, 0.4) is 0 Å². The highest BCUT2D eigenvalue weighted by atomic mass is 19.1. The van der Waals surface area contributed by atoms with Gasteiger partial charge in [-0.05, 0) is 57.9 Å². The van der Waals surface area contributed by atoms with Gasteiger partial charge in [0.15, 0.2) is 11.6 Å². The maximum Gasteiger partial charge on any atom is 0.255 e. The average molecular weight is 549 g/mol. The lowest BCUT2D eigenvalue weighted by Gasteiger charge is -2.32. The number of amides is 1. The minimum Gasteiger partial charge on any atom is -0.335 e. The van der Waals surface area contributed by atoms with Gasteiger partial charge >= 0.3 is 0 Å². The Hall–Kier alpha value is -3.99. The number of aryl methyl sites for hydroxylation is 1. The molecule has 2 bridgehead atoms. The van der Waals surface area contributed by atoms with E-state index in [0.717, 1.165) is 19.0 Å². The number of piperazine rings is 1. The molecule has 6 rings (SSSR count). The Morgan fingerprint density at radius 3 is 2.40 bits per heavy atom. The predicted molar refractivity (Wildman–Crippen MR) is 151 cm³/mol. The van der Waals surface area contributed by atoms with Crippen molar-refractivity contribution in [2.75, 3.05) is 18.4 Å². The summed E-state index contributed by atoms with van der Waals surface area (Å²) in [6.45, 7) is 11.2. The van der Waals surface area contributed by atoms with E-state index in [9.17, 15) is 13.6 Å². The number of hydrogen-bond donors (Lipinski definition) is 2. The van der Waals surface area contributed by atoms with Crippen LogP contribution >= 0.6 is 0 Å². The fourth-order valence-corrected chi connectivity index (χ4v) is 5.54. The number of nitrogens with one attached hydrogen (secondary N) is 2. The Bertz CT molecular complexity index is 1520. The average Bonchev–Trinajstić information content (AvgIpc) is 3.48. The zero-order valence-corrected chi connectivity index (χ0v) is 23.4. The number of benzene rings is 1. The zero-order chi connectivity index (χ0) is 28.6. The number of hydrogen-bond acceptors (Lipinski definition) is 7. The van der Waals surface area contributed by atoms with E-state index >= 15 is 0 Å². The molecular formula is C29H34F2N8O. The molecule has 0 radical (unpaired) electrons. The highest BCUT2D eigenvalue weighted by molar-refractivity contribution is 5.94. The monoisotopic (exact) mass is 548 g/mol. The Balaban J connectivity index is 0.00000158. The standard InChI is InChI=1S/C27H28F2N8O.C2H6/c1-14(2)37-15(3)32-25-20(28)8-17(9-22(25)37)24-21(29)11-31-27(35-24)34-23-7-4-16(10-30-23)26(38)36-12-18-5-6-19(13-36)33-18;1-2/h4,7-11,14,18-19,33H,5-6,12-13H2,1-3H3,(H,30,31,34,35);1-2H3. The Labute approximate surface area is 232 Å². The van der Waals surface area contributed by atoms with E-state index in [0.29, 0.717) is 47.9 Å². The summed E-state index contributed by atoms with van der Waals surface area (Å²) in [6.07, 6.45) is 4.74. The summed E-state index contributed by atoms with van der Waals surface area (Å²) in [4.78, 5) is 31.8. The Morgan fingerprint density at radius 2 is 1.75 bits per heavy atom. The maximum absolute atomic E-state index is 15.0. The van der Waals surface area contributed by atoms with E-state index in [4.69, 9.17) is 0 Å². The first kappa shape index (κ1) is 27.6. The molecule has 4 aromatic rings. The van der Waals surface area contributed by atoms with E-state index in [1.54, 1.807) is 18.2 Å². The minimum atomic E-state index is -0.680. The second kappa shape index (κ2) is 11.2. The van der Waals surface area contributed by atoms with Gasteiger partial charge in [-0.15, -0.1) is 0 Å². The van der Waals surface area contributed by atoms with Crippen molar-refractivity contribution >= 4 is 28.7 Å². The van der Waals surface area contributed by atoms with E-state index in [1.807, 2.05) is 44.1 Å². The van der Waals surface area contributed by atoms with Gasteiger partial charge in [-0.3, -0.25) is 4.79 Å². The molecule has 0 aliphatic carbocycles. The number of carbonyl (C=O) groups is 1. The van der Waals surface area contributed by atoms with Crippen molar-refractivity contribution in [1.29, 1.82) is 0 Å². The molecule has 0 saturated carbocycles. The third-order valence-corrected chi connectivity index (χ3v) is 7.21. The predicted octanol–water partition coefficient (Wildman–Crippen LogP) is 5.40. The van der Waals surface area contributed by atoms with Crippen LogP contribution in [0, 0.1) is 18.6 Å². The van der Waals surface area contributed by atoms with Crippen molar-refractivity contribution in [2.24, 2.45) is 0 Å². The van der Waals surface area contributed by atoms with Crippen LogP contribution in [0.5, 0.6) is 0 Å². The van der Waals surface area contributed by atoms with E-state index in [1.165, 1.54) is 12.3 Å². The van der Waals surface area contributed by atoms with Crippen molar-refractivity contribution in [3.8, 4) is 11.3 Å². The number of carbonyl (C=O) groups excluding carboxylic acids is 1. The van der Waals surface area contributed by atoms with Gasteiger partial charge in [0.25, 0.3) is 5.91 Å². The van der Waals surface area contributed by atoms with E-state index < -0.39 is 11.6 Å². The number of imidazole rings is 1. The van der Waals surface area contributed by atoms with Crippen LogP contribution in [-0.2, 0) is 0 Å². The van der Waals surface area contributed by atoms with Crippen LogP contribution < -0.4 is 10.6 Å². The lowest BCUT2D eigenvalue weighted by molar-refractivity contribution is 0.0697. The molecule has 40 heavy (non-hydrogen) atoms. The van der Waals surface area contributed by atoms with Gasteiger partial charge in [0, 0.05) is 43.0 Å². The number of fused-ring (bicyclic) bond motifs is 3. The molecular weight excluding hydrogens is 514 g/mol. The van der Waals surface area contributed by atoms with Gasteiger partial charge in [-0.1, -0.05) is 13.8 Å². The molecule has 2 atom stereocenters. The number of nitrogens with zero attached hydrogens (tertiary/aromatic N) is 6. The molecule has 2 unspecified atom stereocenters. The van der Waals surface area contributed by atoms with Crippen molar-refractivity contribution < 1.29 is 13.6 Å². The summed E-state index contributed by atoms with van der Waals surface area (Å²) in [5.41, 5.74) is 1.54. The van der Waals surface area contributed by atoms with Crippen molar-refractivity contribution in [3.63, 3.8) is 0 Å². The second-order valence-electron chi connectivity index (χ2n) is 10.2. The van der Waals surface area contributed by atoms with Crippen molar-refractivity contribution in [2.45, 2.75) is 65.6 Å². The highest BCUT2D eigenvalue weighted by Crippen LogP contribution is 2.30. The largest absolute Gasteiger partial charge is 0.335 e. The van der Waals surface area contributed by atoms with Gasteiger partial charge in [0.1, 0.15) is 22.9 Å². The normalized spacial score (nSPS) is 18.1. The lowest BCUT2D eigenvalue weighted by Crippen LogP contribution is -2.53. The van der Waals surface area contributed by atoms with Crippen LogP contribution in [0.15, 0.2) is 36.7 Å². The van der Waals surface area contributed by atoms with E-state index in [2.05, 4.69) is 30.6 Å². The topological polar surface area (TPSA) is 101 Å². The summed E-state index contributed by atoms with van der Waals surface area (Å²) in [5.74, 6) is -0.104. The van der Waals surface area contributed by atoms with Crippen LogP contribution in [0.1, 0.15) is 62.8 Å². The molecule has 2 aliphatic heterocycles. The molecule has 5 heterocycles. The fraction of sp³-hybridized carbons (Fsp3) is 0.414. The first-order valence-corrected chi connectivity index (χ1v) is 13.8. The molecule has 1 amide bonds. The third kappa shape index (κ3) is 5.25. The molecule has 1 aromatic carbocycles. The van der Waals surface area contributed by atoms with Gasteiger partial charge in [-0.25, -0.2) is 28.7 Å². The Morgan fingerprint density at radius 1 is 1.02 bits per heavy atom. The Kier molecular flexibility index (Phi) is 7.75. The number of aromatic nitrogens is 5. The van der Waals surface area contributed by atoms with Crippen LogP contribution in [0.25, 0.3) is 22.3 Å². The van der Waals surface area contributed by atoms with Crippen LogP contribution in [0.4, 0.5) is 20.5 Å². The summed E-state index contributed by atoms with van der Waals surface area (Å²) in [7, 11) is 0. The zero-order valence-electron chi connectivity index (χ0n) is 23.4. The summed E-state index contributed by atoms with van der Waals surface area (Å²) in [5, 5.41) is 6.47. The highest BCUT2D eigenvalue weighted by Gasteiger charge is 2.34. The molecule has 210 valence electrons. The van der Waals surface area contributed by atoms with Crippen molar-refractivity contribution in [3.05, 3.63) is 59.7 Å². The SMILES string of the molecule is CC.Cc1nc2c(F)cc(-c3nc(Nc4ccc(C(=O)N5CC6CCC(C5)N6)cn4)ncc3F)cc2n1C(C)C.